The number of piperazine rings is 3. The number of amides is 1. The molecule has 0 bridgehead atoms. The maximum Gasteiger partial charge on any atom is 0.219 e. The summed E-state index contributed by atoms with van der Waals surface area (Å²) in [4.78, 5) is 39.0. The number of anilines is 2. The van der Waals surface area contributed by atoms with Crippen molar-refractivity contribution in [3.05, 3.63) is 378 Å². The summed E-state index contributed by atoms with van der Waals surface area (Å²) in [5.74, 6) is 2.82. The number of para-hydroxylation sites is 2. The predicted octanol–water partition coefficient (Wildman–Crippen LogP) is 28.5. The molecule has 0 saturated carbocycles. The molecule has 0 atom stereocenters. The van der Waals surface area contributed by atoms with E-state index in [0.717, 1.165) is 155 Å². The molecule has 12 aromatic carbocycles. The van der Waals surface area contributed by atoms with Crippen LogP contribution in [-0.2, 0) is 75.5 Å². The molecule has 13 aromatic rings. The Morgan fingerprint density at radius 2 is 0.647 bits per heavy atom. The minimum atomic E-state index is -4.19. The highest BCUT2D eigenvalue weighted by atomic mass is 32.3. The zero-order chi connectivity index (χ0) is 106. The van der Waals surface area contributed by atoms with Gasteiger partial charge in [0.05, 0.1) is 59.8 Å². The number of benzene rings is 12. The number of hydrogen-bond acceptors (Lipinski definition) is 11. The summed E-state index contributed by atoms with van der Waals surface area (Å²) < 4.78 is 54.1. The van der Waals surface area contributed by atoms with Crippen LogP contribution >= 0.6 is 0 Å². The molecule has 6 heterocycles. The Morgan fingerprint density at radius 3 is 1.01 bits per heavy atom. The second kappa shape index (κ2) is 72.7. The van der Waals surface area contributed by atoms with Crippen molar-refractivity contribution in [3.8, 4) is 0 Å². The number of fused-ring (bicyclic) bond motifs is 1. The van der Waals surface area contributed by atoms with Crippen LogP contribution < -0.4 is 15.1 Å². The second-order valence-corrected chi connectivity index (χ2v) is 49.9. The Bertz CT molecular complexity index is 5290. The normalized spacial score (nSPS) is 14.4. The largest absolute Gasteiger partial charge is 0.662 e. The van der Waals surface area contributed by atoms with Crippen molar-refractivity contribution in [1.82, 2.24) is 29.5 Å². The minimum Gasteiger partial charge on any atom is -0.662 e. The van der Waals surface area contributed by atoms with Gasteiger partial charge in [-0.25, -0.2) is 16.8 Å². The lowest BCUT2D eigenvalue weighted by Gasteiger charge is -2.34. The Morgan fingerprint density at radius 1 is 0.333 bits per heavy atom. The van der Waals surface area contributed by atoms with Gasteiger partial charge in [-0.3, -0.25) is 9.69 Å². The van der Waals surface area contributed by atoms with Gasteiger partial charge in [-0.05, 0) is 223 Å². The molecule has 1 N–H and O–H groups in total. The van der Waals surface area contributed by atoms with E-state index in [-0.39, 0.29) is 49.2 Å². The molecule has 5 saturated heterocycles. The van der Waals surface area contributed by atoms with Crippen molar-refractivity contribution in [1.29, 1.82) is 0 Å². The van der Waals surface area contributed by atoms with Gasteiger partial charge >= 0.3 is 0 Å². The summed E-state index contributed by atoms with van der Waals surface area (Å²) in [7, 11) is -3.31. The van der Waals surface area contributed by atoms with Gasteiger partial charge in [-0.15, -0.1) is 19.6 Å². The van der Waals surface area contributed by atoms with Crippen LogP contribution in [0.25, 0.3) is 31.0 Å². The molecule has 5 aliphatic heterocycles. The van der Waals surface area contributed by atoms with Gasteiger partial charge in [0.1, 0.15) is 21.5 Å². The summed E-state index contributed by atoms with van der Waals surface area (Å²) >= 11 is 0. The fourth-order valence-corrected chi connectivity index (χ4v) is 29.8. The van der Waals surface area contributed by atoms with Crippen LogP contribution in [0.4, 0.5) is 11.4 Å². The monoisotopic (exact) mass is 2140 g/mol. The SMILES string of the molecule is CCCCCCCCS(=O)(=O)[N-]S(=O)(=O)c1ccc(N2CCCC2)cc1.CCCCC[N-]CC.CC[N-]CCCCCN1CCN(C(C)=O)CC1.CC[N-]CCCCCN1CCN(C)CC1.Cn1cc([S+]2CCCC2)c2ccccc21.c1ccc(N2CCNCC2)cc1.c1ccc([S+](c2ccccc2)c2ccccc2)cc1.c1ccc([S+](c2ccccc2)c2ccccc2)cc1.c1ccc([S+](c2ccccc2)c2ccccc2)cc1. The number of sulfonamides is 2. The van der Waals surface area contributed by atoms with Crippen molar-refractivity contribution < 1.29 is 21.6 Å². The molecule has 5 aliphatic rings. The van der Waals surface area contributed by atoms with Gasteiger partial charge in [0.15, 0.2) is 49.0 Å². The van der Waals surface area contributed by atoms with E-state index < -0.39 is 20.0 Å². The predicted molar refractivity (Wildman–Crippen MR) is 645 cm³/mol. The van der Waals surface area contributed by atoms with Crippen LogP contribution in [-0.4, -0.2) is 215 Å². The van der Waals surface area contributed by atoms with E-state index in [1.165, 1.54) is 194 Å². The zero-order valence-electron chi connectivity index (χ0n) is 91.1. The number of unbranched alkanes of at least 4 members (excludes halogenated alkanes) is 11. The highest BCUT2D eigenvalue weighted by Gasteiger charge is 2.33. The number of nitrogens with one attached hydrogen (secondary N) is 1. The maximum absolute atomic E-state index is 12.3. The molecule has 5 fully saturated rings. The van der Waals surface area contributed by atoms with Gasteiger partial charge < -0.3 is 54.5 Å². The smallest absolute Gasteiger partial charge is 0.219 e. The number of carbonyl (C=O) groups excluding carboxylic acids is 1. The number of nitrogens with zero attached hydrogens (tertiary/aromatic N) is 11. The quantitative estimate of drug-likeness (QED) is 0.0285. The number of carbonyl (C=O) groups is 1. The van der Waals surface area contributed by atoms with Crippen LogP contribution in [0.15, 0.2) is 412 Å². The molecule has 1 aromatic heterocycles. The van der Waals surface area contributed by atoms with Crippen LogP contribution in [0.3, 0.4) is 0 Å². The van der Waals surface area contributed by atoms with Crippen LogP contribution in [0.2, 0.25) is 0 Å². The molecule has 23 heteroatoms. The first-order chi connectivity index (χ1) is 73.5. The van der Waals surface area contributed by atoms with Crippen molar-refractivity contribution in [2.75, 3.05) is 178 Å². The topological polar surface area (TPSA) is 178 Å². The second-order valence-electron chi connectivity index (χ2n) is 37.9. The Hall–Kier alpha value is -9.77. The Labute approximate surface area is 916 Å². The van der Waals surface area contributed by atoms with Crippen molar-refractivity contribution in [3.63, 3.8) is 0 Å². The van der Waals surface area contributed by atoms with E-state index in [4.69, 9.17) is 0 Å². The molecule has 17 nitrogen and oxygen atoms in total. The number of hydrogen-bond donors (Lipinski definition) is 1. The van der Waals surface area contributed by atoms with Crippen molar-refractivity contribution >= 4 is 91.8 Å². The van der Waals surface area contributed by atoms with E-state index in [9.17, 15) is 21.6 Å². The molecule has 806 valence electrons. The van der Waals surface area contributed by atoms with Gasteiger partial charge in [0, 0.05) is 139 Å². The van der Waals surface area contributed by atoms with Crippen LogP contribution in [0.1, 0.15) is 164 Å². The average molecular weight is 2140 g/mol. The Kier molecular flexibility index (Phi) is 59.2. The van der Waals surface area contributed by atoms with Crippen molar-refractivity contribution in [2.45, 2.75) is 217 Å². The number of aryl methyl sites for hydroxylation is 1. The first kappa shape index (κ1) is 122. The third-order valence-electron chi connectivity index (χ3n) is 26.4. The van der Waals surface area contributed by atoms with Gasteiger partial charge in [0.25, 0.3) is 0 Å². The van der Waals surface area contributed by atoms with Crippen molar-refractivity contribution in [2.24, 2.45) is 7.05 Å². The summed E-state index contributed by atoms with van der Waals surface area (Å²) in [6, 6.07) is 122. The van der Waals surface area contributed by atoms with E-state index in [0.29, 0.717) is 17.3 Å². The van der Waals surface area contributed by atoms with E-state index in [2.05, 4.69) is 437 Å². The third-order valence-corrected chi connectivity index (χ3v) is 39.0. The minimum absolute atomic E-state index is 0.0146. The molecule has 1 amide bonds. The summed E-state index contributed by atoms with van der Waals surface area (Å²) in [5, 5.41) is 17.7. The standard InChI is InChI=1S/C18H29N2O4S2.3C18H15S.C13H26N3O.C13H16NS.C12H26N3.C10H14N2.C7H16N/c1-2-3-4-5-6-9-16-25(21,22)19-26(23,24)18-12-10-17(11-13-18)20-14-7-8-15-20;3*1-4-10-16(11-5-1)19(17-12-6-2-7-13-17)18-14-8-3-9-15-18;1-3-14-7-5-4-6-8-15-9-11-16(12-10-15)13(2)17;1-14-10-13(15-8-4-5-9-15)11-6-2-3-7-12(11)14;1-3-13-7-5-4-6-8-15-11-9-14(2)10-12-15;1-2-4-10(5-3-1)12-8-6-11-7-9-12;1-3-5-6-7-8-4-2/h10-13H,2-9,14-16H2,1H3;3*1-15H;3-12H2,1-2H3;2-3,6-7,10H,4-5,8-9H2,1H3;3-12H2,1-2H3;1-5,11H,6-9H2;3-7H2,1-2H3/q-1;3*+1;-1;+1;-1;;-1. The molecule has 0 spiro atoms. The van der Waals surface area contributed by atoms with E-state index in [1.807, 2.05) is 4.90 Å². The lowest BCUT2D eigenvalue weighted by Crippen LogP contribution is -2.48. The van der Waals surface area contributed by atoms with E-state index >= 15 is 0 Å². The lowest BCUT2D eigenvalue weighted by molar-refractivity contribution is -0.130. The fraction of sp³-hybridized carbons (Fsp3) is 0.409. The van der Waals surface area contributed by atoms with Crippen LogP contribution in [0.5, 0.6) is 0 Å². The summed E-state index contributed by atoms with van der Waals surface area (Å²) in [6.07, 6.45) is 24.6. The van der Waals surface area contributed by atoms with Gasteiger partial charge in [-0.2, -0.15) is 19.6 Å². The van der Waals surface area contributed by atoms with E-state index in [1.54, 1.807) is 24.0 Å². The highest BCUT2D eigenvalue weighted by molar-refractivity contribution is 8.12. The Balaban J connectivity index is 0.000000174. The summed E-state index contributed by atoms with van der Waals surface area (Å²) in [5.41, 5.74) is 3.68. The number of aromatic nitrogens is 1. The first-order valence-corrected chi connectivity index (χ1v) is 63.5. The number of likely N-dealkylation sites (N-methyl/N-ethyl adjacent to an activating group) is 1. The zero-order valence-corrected chi connectivity index (χ0v) is 96.0. The van der Waals surface area contributed by atoms with Gasteiger partial charge in [-0.1, -0.05) is 306 Å². The molecule has 0 radical (unpaired) electrons. The molecule has 18 rings (SSSR count). The maximum atomic E-state index is 12.3. The highest BCUT2D eigenvalue weighted by Crippen LogP contribution is 2.36. The average Bonchev–Trinajstić information content (AvgIpc) is 1.63. The lowest BCUT2D eigenvalue weighted by atomic mass is 10.1. The summed E-state index contributed by atoms with van der Waals surface area (Å²) in [6.45, 7) is 36.1. The number of rotatable bonds is 41. The molecular formula is C127H172N12O5S6. The fourth-order valence-electron chi connectivity index (χ4n) is 18.1. The molecular weight excluding hydrogens is 1970 g/mol. The molecule has 0 unspecified atom stereocenters. The third kappa shape index (κ3) is 45.5. The van der Waals surface area contributed by atoms with Gasteiger partial charge in [0.2, 0.25) is 5.91 Å². The van der Waals surface area contributed by atoms with Crippen LogP contribution in [0, 0.1) is 0 Å². The first-order valence-electron chi connectivity index (χ1n) is 55.3. The molecule has 150 heavy (non-hydrogen) atoms. The molecule has 0 aliphatic carbocycles.